The number of hydrogen-bond acceptors (Lipinski definition) is 5. The lowest BCUT2D eigenvalue weighted by Crippen LogP contribution is -2.24. The third-order valence-electron chi connectivity index (χ3n) is 3.12. The van der Waals surface area contributed by atoms with Gasteiger partial charge in [-0.3, -0.25) is 4.79 Å². The van der Waals surface area contributed by atoms with Crippen molar-refractivity contribution in [3.05, 3.63) is 46.3 Å². The van der Waals surface area contributed by atoms with Gasteiger partial charge < -0.3 is 5.32 Å². The second-order valence-electron chi connectivity index (χ2n) is 4.68. The van der Waals surface area contributed by atoms with Gasteiger partial charge in [0.05, 0.1) is 22.9 Å². The fraction of sp³-hybridized carbons (Fsp3) is 0.286. The summed E-state index contributed by atoms with van der Waals surface area (Å²) >= 11 is 1.61. The maximum absolute atomic E-state index is 11.9. The van der Waals surface area contributed by atoms with Crippen molar-refractivity contribution in [2.45, 2.75) is 26.3 Å². The molecular weight excluding hydrogens is 286 g/mol. The summed E-state index contributed by atoms with van der Waals surface area (Å²) in [5.74, 6) is 0.0118. The Morgan fingerprint density at radius 3 is 3.14 bits per heavy atom. The molecule has 0 radical (unpaired) electrons. The first kappa shape index (κ1) is 13.7. The predicted molar refractivity (Wildman–Crippen MR) is 80.0 cm³/mol. The smallest absolute Gasteiger partial charge is 0.220 e. The molecule has 0 aliphatic carbocycles. The van der Waals surface area contributed by atoms with Gasteiger partial charge in [-0.15, -0.1) is 11.3 Å². The molecule has 0 atom stereocenters. The third-order valence-corrected chi connectivity index (χ3v) is 3.94. The van der Waals surface area contributed by atoms with Crippen LogP contribution in [0.4, 0.5) is 0 Å². The highest BCUT2D eigenvalue weighted by Crippen LogP contribution is 2.09. The van der Waals surface area contributed by atoms with E-state index in [0.717, 1.165) is 22.0 Å². The Hall–Kier alpha value is -2.28. The Kier molecular flexibility index (Phi) is 3.92. The highest BCUT2D eigenvalue weighted by atomic mass is 32.1. The summed E-state index contributed by atoms with van der Waals surface area (Å²) in [6, 6.07) is 5.71. The predicted octanol–water partition coefficient (Wildman–Crippen LogP) is 1.74. The van der Waals surface area contributed by atoms with E-state index in [2.05, 4.69) is 20.4 Å². The second kappa shape index (κ2) is 6.01. The van der Waals surface area contributed by atoms with E-state index in [1.54, 1.807) is 15.9 Å². The van der Waals surface area contributed by atoms with Crippen molar-refractivity contribution in [2.75, 3.05) is 0 Å². The Labute approximate surface area is 125 Å². The molecule has 1 N–H and O–H groups in total. The van der Waals surface area contributed by atoms with Gasteiger partial charge in [-0.2, -0.15) is 5.10 Å². The normalized spacial score (nSPS) is 10.9. The Morgan fingerprint density at radius 2 is 2.33 bits per heavy atom. The number of rotatable bonds is 5. The summed E-state index contributed by atoms with van der Waals surface area (Å²) in [5, 5.41) is 10.1. The second-order valence-corrected chi connectivity index (χ2v) is 5.74. The van der Waals surface area contributed by atoms with Crippen LogP contribution in [0, 0.1) is 6.92 Å². The minimum atomic E-state index is 0.0118. The molecular formula is C14H15N5OS. The summed E-state index contributed by atoms with van der Waals surface area (Å²) in [7, 11) is 0. The molecule has 3 aromatic heterocycles. The van der Waals surface area contributed by atoms with Crippen molar-refractivity contribution in [3.63, 3.8) is 0 Å². The maximum Gasteiger partial charge on any atom is 0.220 e. The number of hydrogen-bond donors (Lipinski definition) is 1. The van der Waals surface area contributed by atoms with Crippen LogP contribution in [0.1, 0.15) is 22.8 Å². The molecule has 0 fully saturated rings. The van der Waals surface area contributed by atoms with Crippen LogP contribution in [-0.4, -0.2) is 25.5 Å². The van der Waals surface area contributed by atoms with Gasteiger partial charge in [-0.05, 0) is 25.5 Å². The quantitative estimate of drug-likeness (QED) is 0.779. The van der Waals surface area contributed by atoms with Crippen LogP contribution in [0.25, 0.3) is 5.65 Å². The number of amides is 1. The molecule has 0 saturated heterocycles. The third kappa shape index (κ3) is 3.25. The molecule has 0 spiro atoms. The molecule has 3 rings (SSSR count). The Morgan fingerprint density at radius 1 is 1.43 bits per heavy atom. The van der Waals surface area contributed by atoms with Crippen LogP contribution < -0.4 is 5.32 Å². The summed E-state index contributed by atoms with van der Waals surface area (Å²) < 4.78 is 1.73. The Bertz CT molecular complexity index is 763. The zero-order chi connectivity index (χ0) is 14.7. The molecule has 6 nitrogen and oxygen atoms in total. The van der Waals surface area contributed by atoms with E-state index in [0.29, 0.717) is 19.4 Å². The summed E-state index contributed by atoms with van der Waals surface area (Å²) in [4.78, 5) is 20.4. The fourth-order valence-corrected chi connectivity index (χ4v) is 2.72. The average Bonchev–Trinajstić information content (AvgIpc) is 3.11. The van der Waals surface area contributed by atoms with Gasteiger partial charge in [0, 0.05) is 11.8 Å². The van der Waals surface area contributed by atoms with Gasteiger partial charge >= 0.3 is 0 Å². The average molecular weight is 301 g/mol. The lowest BCUT2D eigenvalue weighted by Gasteiger charge is -2.06. The molecule has 0 unspecified atom stereocenters. The molecule has 0 saturated carbocycles. The van der Waals surface area contributed by atoms with E-state index >= 15 is 0 Å². The van der Waals surface area contributed by atoms with Gasteiger partial charge in [0.2, 0.25) is 5.91 Å². The van der Waals surface area contributed by atoms with Crippen molar-refractivity contribution in [1.29, 1.82) is 0 Å². The molecule has 7 heteroatoms. The first-order chi connectivity index (χ1) is 10.2. The number of nitrogens with zero attached hydrogens (tertiary/aromatic N) is 4. The number of aromatic nitrogens is 4. The largest absolute Gasteiger partial charge is 0.350 e. The van der Waals surface area contributed by atoms with Crippen molar-refractivity contribution in [2.24, 2.45) is 0 Å². The zero-order valence-electron chi connectivity index (χ0n) is 11.6. The number of fused-ring (bicyclic) bond motifs is 1. The highest BCUT2D eigenvalue weighted by molar-refractivity contribution is 7.09. The number of nitrogens with one attached hydrogen (secondary N) is 1. The molecule has 0 aromatic carbocycles. The Balaban J connectivity index is 1.55. The molecule has 108 valence electrons. The van der Waals surface area contributed by atoms with Gasteiger partial charge in [0.15, 0.2) is 5.65 Å². The number of carbonyl (C=O) groups is 1. The van der Waals surface area contributed by atoms with E-state index in [4.69, 9.17) is 0 Å². The van der Waals surface area contributed by atoms with Crippen LogP contribution in [-0.2, 0) is 17.8 Å². The van der Waals surface area contributed by atoms with Gasteiger partial charge in [-0.1, -0.05) is 6.07 Å². The molecule has 21 heavy (non-hydrogen) atoms. The number of aryl methyl sites for hydroxylation is 2. The summed E-state index contributed by atoms with van der Waals surface area (Å²) in [5.41, 5.74) is 2.66. The van der Waals surface area contributed by atoms with Crippen LogP contribution in [0.15, 0.2) is 29.9 Å². The van der Waals surface area contributed by atoms with E-state index in [1.165, 1.54) is 6.33 Å². The maximum atomic E-state index is 11.9. The molecule has 1 amide bonds. The summed E-state index contributed by atoms with van der Waals surface area (Å²) in [6.45, 7) is 2.41. The lowest BCUT2D eigenvalue weighted by molar-refractivity contribution is -0.121. The first-order valence-corrected chi connectivity index (χ1v) is 7.55. The van der Waals surface area contributed by atoms with Crippen molar-refractivity contribution >= 4 is 22.9 Å². The van der Waals surface area contributed by atoms with Gasteiger partial charge in [0.25, 0.3) is 0 Å². The number of carbonyl (C=O) groups excluding carboxylic acids is 1. The monoisotopic (exact) mass is 301 g/mol. The number of thiazole rings is 1. The van der Waals surface area contributed by atoms with E-state index in [9.17, 15) is 4.79 Å². The van der Waals surface area contributed by atoms with Crippen molar-refractivity contribution < 1.29 is 4.79 Å². The van der Waals surface area contributed by atoms with Crippen LogP contribution in [0.3, 0.4) is 0 Å². The standard InChI is InChI=1S/C14H15N5OS/c1-10-18-11(8-21-10)5-6-14(20)15-7-12-3-2-4-13-16-9-17-19(12)13/h2-4,8-9H,5-7H2,1H3,(H,15,20). The van der Waals surface area contributed by atoms with Crippen molar-refractivity contribution in [3.8, 4) is 0 Å². The minimum absolute atomic E-state index is 0.0118. The zero-order valence-corrected chi connectivity index (χ0v) is 12.4. The number of pyridine rings is 1. The van der Waals surface area contributed by atoms with E-state index in [-0.39, 0.29) is 5.91 Å². The molecule has 3 heterocycles. The molecule has 3 aromatic rings. The highest BCUT2D eigenvalue weighted by Gasteiger charge is 2.06. The van der Waals surface area contributed by atoms with Crippen molar-refractivity contribution in [1.82, 2.24) is 24.9 Å². The topological polar surface area (TPSA) is 72.2 Å². The molecule has 0 aliphatic rings. The van der Waals surface area contributed by atoms with Crippen LogP contribution >= 0.6 is 11.3 Å². The fourth-order valence-electron chi connectivity index (χ4n) is 2.08. The summed E-state index contributed by atoms with van der Waals surface area (Å²) in [6.07, 6.45) is 2.62. The first-order valence-electron chi connectivity index (χ1n) is 6.68. The molecule has 0 bridgehead atoms. The lowest BCUT2D eigenvalue weighted by atomic mass is 10.2. The van der Waals surface area contributed by atoms with Gasteiger partial charge in [0.1, 0.15) is 6.33 Å². The minimum Gasteiger partial charge on any atom is -0.350 e. The van der Waals surface area contributed by atoms with Gasteiger partial charge in [-0.25, -0.2) is 14.5 Å². The molecule has 0 aliphatic heterocycles. The SMILES string of the molecule is Cc1nc(CCC(=O)NCc2cccc3ncnn23)cs1. The van der Waals surface area contributed by atoms with Crippen LogP contribution in [0.5, 0.6) is 0 Å². The van der Waals surface area contributed by atoms with E-state index in [1.807, 2.05) is 30.5 Å². The van der Waals surface area contributed by atoms with E-state index < -0.39 is 0 Å². The van der Waals surface area contributed by atoms with Crippen LogP contribution in [0.2, 0.25) is 0 Å².